The second-order valence-corrected chi connectivity index (χ2v) is 5.03. The first kappa shape index (κ1) is 12.9. The molecule has 1 aliphatic rings. The summed E-state index contributed by atoms with van der Waals surface area (Å²) in [7, 11) is 0. The number of rotatable bonds is 3. The Morgan fingerprint density at radius 3 is 2.56 bits per heavy atom. The summed E-state index contributed by atoms with van der Waals surface area (Å²) in [6.07, 6.45) is 1.74. The van der Waals surface area contributed by atoms with E-state index in [0.29, 0.717) is 4.91 Å². The molecular formula is C13H14N2O2S. The summed E-state index contributed by atoms with van der Waals surface area (Å²) < 4.78 is 0. The van der Waals surface area contributed by atoms with Crippen LogP contribution in [0.3, 0.4) is 0 Å². The molecule has 0 atom stereocenters. The number of nitrogens with two attached hydrogens (primary N) is 1. The minimum Gasteiger partial charge on any atom is -0.329 e. The van der Waals surface area contributed by atoms with Gasteiger partial charge in [-0.15, -0.1) is 0 Å². The Kier molecular flexibility index (Phi) is 3.84. The largest absolute Gasteiger partial charge is 0.329 e. The van der Waals surface area contributed by atoms with Crippen LogP contribution >= 0.6 is 11.8 Å². The van der Waals surface area contributed by atoms with Gasteiger partial charge in [-0.05, 0) is 30.3 Å². The molecule has 1 aromatic rings. The third-order valence-electron chi connectivity index (χ3n) is 2.60. The fourth-order valence-corrected chi connectivity index (χ4v) is 2.50. The fraction of sp³-hybridized carbons (Fsp3) is 0.231. The number of aryl methyl sites for hydroxylation is 1. The van der Waals surface area contributed by atoms with Crippen LogP contribution in [0, 0.1) is 6.92 Å². The van der Waals surface area contributed by atoms with Crippen molar-refractivity contribution in [3.63, 3.8) is 0 Å². The van der Waals surface area contributed by atoms with E-state index in [2.05, 4.69) is 0 Å². The van der Waals surface area contributed by atoms with Crippen LogP contribution in [-0.4, -0.2) is 29.1 Å². The summed E-state index contributed by atoms with van der Waals surface area (Å²) in [5.41, 5.74) is 7.44. The number of imide groups is 1. The molecule has 1 aliphatic heterocycles. The van der Waals surface area contributed by atoms with Crippen LogP contribution < -0.4 is 5.73 Å². The van der Waals surface area contributed by atoms with E-state index in [9.17, 15) is 9.59 Å². The van der Waals surface area contributed by atoms with Gasteiger partial charge in [-0.3, -0.25) is 14.5 Å². The molecule has 94 valence electrons. The van der Waals surface area contributed by atoms with Crippen molar-refractivity contribution < 1.29 is 9.59 Å². The van der Waals surface area contributed by atoms with Crippen molar-refractivity contribution in [1.29, 1.82) is 0 Å². The Balaban J connectivity index is 2.22. The Morgan fingerprint density at radius 1 is 1.28 bits per heavy atom. The molecule has 0 unspecified atom stereocenters. The molecule has 0 aromatic heterocycles. The smallest absolute Gasteiger partial charge is 0.293 e. The van der Waals surface area contributed by atoms with E-state index in [4.69, 9.17) is 5.73 Å². The summed E-state index contributed by atoms with van der Waals surface area (Å²) in [5, 5.41) is -0.246. The van der Waals surface area contributed by atoms with E-state index in [-0.39, 0.29) is 24.2 Å². The second kappa shape index (κ2) is 5.37. The average molecular weight is 262 g/mol. The summed E-state index contributed by atoms with van der Waals surface area (Å²) in [6.45, 7) is 2.56. The predicted molar refractivity (Wildman–Crippen MR) is 72.9 cm³/mol. The maximum absolute atomic E-state index is 11.9. The van der Waals surface area contributed by atoms with Gasteiger partial charge in [0, 0.05) is 13.1 Å². The van der Waals surface area contributed by atoms with Crippen molar-refractivity contribution in [3.05, 3.63) is 40.3 Å². The van der Waals surface area contributed by atoms with Crippen LogP contribution in [0.5, 0.6) is 0 Å². The van der Waals surface area contributed by atoms with E-state index in [0.717, 1.165) is 22.9 Å². The van der Waals surface area contributed by atoms with Crippen LogP contribution in [0.1, 0.15) is 11.1 Å². The molecule has 0 bridgehead atoms. The molecule has 2 N–H and O–H groups in total. The number of hydrogen-bond donors (Lipinski definition) is 1. The zero-order valence-electron chi connectivity index (χ0n) is 10.1. The highest BCUT2D eigenvalue weighted by molar-refractivity contribution is 8.18. The Hall–Kier alpha value is -1.59. The van der Waals surface area contributed by atoms with Crippen molar-refractivity contribution in [3.8, 4) is 0 Å². The number of amides is 2. The lowest BCUT2D eigenvalue weighted by molar-refractivity contribution is -0.122. The molecule has 1 saturated heterocycles. The van der Waals surface area contributed by atoms with Gasteiger partial charge >= 0.3 is 0 Å². The highest BCUT2D eigenvalue weighted by Gasteiger charge is 2.34. The van der Waals surface area contributed by atoms with Crippen molar-refractivity contribution in [2.24, 2.45) is 5.73 Å². The number of benzene rings is 1. The minimum absolute atomic E-state index is 0.246. The van der Waals surface area contributed by atoms with E-state index in [1.54, 1.807) is 6.08 Å². The first-order chi connectivity index (χ1) is 8.61. The number of carbonyl (C=O) groups excluding carboxylic acids is 2. The highest BCUT2D eigenvalue weighted by Crippen LogP contribution is 2.31. The van der Waals surface area contributed by atoms with Gasteiger partial charge in [0.15, 0.2) is 0 Å². The van der Waals surface area contributed by atoms with Crippen LogP contribution in [0.4, 0.5) is 4.79 Å². The molecule has 4 nitrogen and oxygen atoms in total. The minimum atomic E-state index is -0.254. The van der Waals surface area contributed by atoms with E-state index >= 15 is 0 Å². The summed E-state index contributed by atoms with van der Waals surface area (Å²) in [4.78, 5) is 25.2. The molecule has 1 fully saturated rings. The molecule has 1 aromatic carbocycles. The Labute approximate surface area is 110 Å². The van der Waals surface area contributed by atoms with Crippen LogP contribution in [0.2, 0.25) is 0 Å². The summed E-state index contributed by atoms with van der Waals surface area (Å²) in [6, 6.07) is 7.78. The van der Waals surface area contributed by atoms with Crippen LogP contribution in [-0.2, 0) is 4.79 Å². The van der Waals surface area contributed by atoms with Gasteiger partial charge in [0.2, 0.25) is 0 Å². The van der Waals surface area contributed by atoms with E-state index in [1.165, 1.54) is 4.90 Å². The van der Waals surface area contributed by atoms with Gasteiger partial charge in [0.25, 0.3) is 11.1 Å². The molecule has 0 radical (unpaired) electrons. The molecule has 0 saturated carbocycles. The molecule has 0 aliphatic carbocycles. The fourth-order valence-electron chi connectivity index (χ4n) is 1.64. The number of thioether (sulfide) groups is 1. The van der Waals surface area contributed by atoms with Crippen LogP contribution in [0.25, 0.3) is 6.08 Å². The van der Waals surface area contributed by atoms with Gasteiger partial charge in [-0.2, -0.15) is 0 Å². The van der Waals surface area contributed by atoms with Crippen LogP contribution in [0.15, 0.2) is 29.2 Å². The van der Waals surface area contributed by atoms with Crippen molar-refractivity contribution in [2.75, 3.05) is 13.1 Å². The summed E-state index contributed by atoms with van der Waals surface area (Å²) in [5.74, 6) is -0.254. The predicted octanol–water partition coefficient (Wildman–Crippen LogP) is 1.99. The first-order valence-electron chi connectivity index (χ1n) is 5.64. The molecule has 2 rings (SSSR count). The SMILES string of the molecule is Cc1ccc(C=C2SC(=O)N(CCN)C2=O)cc1. The standard InChI is InChI=1S/C13H14N2O2S/c1-9-2-4-10(5-3-9)8-11-12(16)15(7-6-14)13(17)18-11/h2-5,8H,6-7,14H2,1H3. The monoisotopic (exact) mass is 262 g/mol. The van der Waals surface area contributed by atoms with Gasteiger partial charge < -0.3 is 5.73 Å². The van der Waals surface area contributed by atoms with E-state index in [1.807, 2.05) is 31.2 Å². The third-order valence-corrected chi connectivity index (χ3v) is 3.51. The normalized spacial score (nSPS) is 17.9. The van der Waals surface area contributed by atoms with Crippen molar-refractivity contribution in [2.45, 2.75) is 6.92 Å². The third kappa shape index (κ3) is 2.63. The number of hydrogen-bond acceptors (Lipinski definition) is 4. The highest BCUT2D eigenvalue weighted by atomic mass is 32.2. The molecule has 0 spiro atoms. The van der Waals surface area contributed by atoms with Crippen molar-refractivity contribution >= 4 is 29.0 Å². The lowest BCUT2D eigenvalue weighted by atomic mass is 10.1. The lowest BCUT2D eigenvalue weighted by Gasteiger charge is -2.09. The van der Waals surface area contributed by atoms with Gasteiger partial charge in [0.05, 0.1) is 4.91 Å². The zero-order valence-corrected chi connectivity index (χ0v) is 10.9. The van der Waals surface area contributed by atoms with Gasteiger partial charge in [-0.1, -0.05) is 29.8 Å². The Bertz CT molecular complexity index is 508. The van der Waals surface area contributed by atoms with Crippen molar-refractivity contribution in [1.82, 2.24) is 4.90 Å². The molecule has 18 heavy (non-hydrogen) atoms. The summed E-state index contributed by atoms with van der Waals surface area (Å²) >= 11 is 0.964. The first-order valence-corrected chi connectivity index (χ1v) is 6.45. The second-order valence-electron chi connectivity index (χ2n) is 4.03. The zero-order chi connectivity index (χ0) is 13.1. The van der Waals surface area contributed by atoms with Gasteiger partial charge in [0.1, 0.15) is 0 Å². The maximum atomic E-state index is 11.9. The molecular weight excluding hydrogens is 248 g/mol. The average Bonchev–Trinajstić information content (AvgIpc) is 2.60. The molecule has 2 amide bonds. The maximum Gasteiger partial charge on any atom is 0.293 e. The Morgan fingerprint density at radius 2 is 1.94 bits per heavy atom. The topological polar surface area (TPSA) is 63.4 Å². The molecule has 1 heterocycles. The number of carbonyl (C=O) groups is 2. The van der Waals surface area contributed by atoms with Gasteiger partial charge in [-0.25, -0.2) is 0 Å². The molecule has 5 heteroatoms. The van der Waals surface area contributed by atoms with E-state index < -0.39 is 0 Å². The number of nitrogens with zero attached hydrogens (tertiary/aromatic N) is 1. The lowest BCUT2D eigenvalue weighted by Crippen LogP contribution is -2.33. The quantitative estimate of drug-likeness (QED) is 0.846.